The molecule has 0 aromatic heterocycles. The molecule has 0 radical (unpaired) electrons. The lowest BCUT2D eigenvalue weighted by Gasteiger charge is -2.31. The molecule has 41 heavy (non-hydrogen) atoms. The number of fused-ring (bicyclic) bond motifs is 3. The van der Waals surface area contributed by atoms with Crippen molar-refractivity contribution in [3.63, 3.8) is 0 Å². The Morgan fingerprint density at radius 3 is 2.73 bits per heavy atom. The summed E-state index contributed by atoms with van der Waals surface area (Å²) in [6.07, 6.45) is 7.33. The van der Waals surface area contributed by atoms with Crippen LogP contribution in [0.25, 0.3) is 0 Å². The third-order valence-corrected chi connectivity index (χ3v) is 9.09. The molecule has 4 aliphatic rings. The van der Waals surface area contributed by atoms with Crippen molar-refractivity contribution in [3.05, 3.63) is 47.0 Å². The lowest BCUT2D eigenvalue weighted by atomic mass is 9.95. The van der Waals surface area contributed by atoms with Crippen LogP contribution in [-0.4, -0.2) is 72.3 Å². The van der Waals surface area contributed by atoms with Gasteiger partial charge in [0.2, 0.25) is 0 Å². The van der Waals surface area contributed by atoms with Gasteiger partial charge < -0.3 is 14.4 Å². The van der Waals surface area contributed by atoms with E-state index in [0.29, 0.717) is 51.1 Å². The number of benzene rings is 1. The van der Waals surface area contributed by atoms with Crippen LogP contribution in [0.1, 0.15) is 75.0 Å². The van der Waals surface area contributed by atoms with Crippen molar-refractivity contribution in [2.45, 2.75) is 95.1 Å². The van der Waals surface area contributed by atoms with Gasteiger partial charge in [0.05, 0.1) is 12.2 Å². The average molecular weight is 578 g/mol. The lowest BCUT2D eigenvalue weighted by molar-refractivity contribution is -0.147. The molecule has 7 nitrogen and oxygen atoms in total. The molecule has 2 fully saturated rings. The molecule has 4 atom stereocenters. The third kappa shape index (κ3) is 6.91. The quantitative estimate of drug-likeness (QED) is 0.380. The number of esters is 1. The van der Waals surface area contributed by atoms with E-state index in [1.165, 1.54) is 23.8 Å². The van der Waals surface area contributed by atoms with Crippen molar-refractivity contribution in [1.29, 1.82) is 0 Å². The first-order chi connectivity index (χ1) is 19.7. The zero-order valence-electron chi connectivity index (χ0n) is 23.9. The minimum absolute atomic E-state index is 0.0772. The second kappa shape index (κ2) is 12.7. The molecule has 1 aromatic rings. The number of allylic oxidation sites excluding steroid dienone is 1. The summed E-state index contributed by atoms with van der Waals surface area (Å²) in [5, 5.41) is 3.54. The molecular formula is C31H42F3N3O4. The summed E-state index contributed by atoms with van der Waals surface area (Å²) < 4.78 is 52.2. The van der Waals surface area contributed by atoms with Gasteiger partial charge in [-0.2, -0.15) is 13.2 Å². The molecule has 0 spiro atoms. The largest absolute Gasteiger partial charge is 0.465 e. The number of amides is 1. The Hall–Kier alpha value is -2.59. The SMILES string of the molecule is CCOC(=O)C12CC1/C=C\CCCCCCCN1CC(OC(=O)N3CCc4cccc(C(F)(F)F)c4C3)CC1CN2. The van der Waals surface area contributed by atoms with Gasteiger partial charge in [0.1, 0.15) is 11.6 Å². The number of alkyl halides is 3. The Bertz CT molecular complexity index is 1130. The maximum absolute atomic E-state index is 13.6. The van der Waals surface area contributed by atoms with E-state index in [9.17, 15) is 22.8 Å². The summed E-state index contributed by atoms with van der Waals surface area (Å²) in [7, 11) is 0. The molecule has 10 heteroatoms. The topological polar surface area (TPSA) is 71.1 Å². The first-order valence-electron chi connectivity index (χ1n) is 15.2. The van der Waals surface area contributed by atoms with Crippen LogP contribution in [0.15, 0.2) is 30.4 Å². The van der Waals surface area contributed by atoms with E-state index >= 15 is 0 Å². The number of halogens is 3. The fourth-order valence-electron chi connectivity index (χ4n) is 6.69. The Morgan fingerprint density at radius 1 is 1.12 bits per heavy atom. The van der Waals surface area contributed by atoms with E-state index < -0.39 is 23.4 Å². The van der Waals surface area contributed by atoms with Crippen LogP contribution in [0.4, 0.5) is 18.0 Å². The van der Waals surface area contributed by atoms with Gasteiger partial charge in [-0.05, 0) is 62.8 Å². The highest BCUT2D eigenvalue weighted by Gasteiger charge is 2.60. The van der Waals surface area contributed by atoms with Crippen molar-refractivity contribution in [3.8, 4) is 0 Å². The molecule has 1 saturated carbocycles. The Morgan fingerprint density at radius 2 is 1.93 bits per heavy atom. The van der Waals surface area contributed by atoms with Crippen LogP contribution < -0.4 is 5.32 Å². The van der Waals surface area contributed by atoms with Gasteiger partial charge in [-0.1, -0.05) is 43.5 Å². The minimum atomic E-state index is -4.47. The molecule has 3 aliphatic heterocycles. The minimum Gasteiger partial charge on any atom is -0.465 e. The van der Waals surface area contributed by atoms with Gasteiger partial charge in [0, 0.05) is 44.6 Å². The second-order valence-electron chi connectivity index (χ2n) is 11.9. The van der Waals surface area contributed by atoms with Gasteiger partial charge >= 0.3 is 18.2 Å². The average Bonchev–Trinajstić information content (AvgIpc) is 3.53. The second-order valence-corrected chi connectivity index (χ2v) is 11.9. The van der Waals surface area contributed by atoms with Gasteiger partial charge in [-0.25, -0.2) is 4.79 Å². The van der Waals surface area contributed by atoms with Gasteiger partial charge in [0.15, 0.2) is 0 Å². The summed E-state index contributed by atoms with van der Waals surface area (Å²) in [5.41, 5.74) is -0.604. The maximum atomic E-state index is 13.6. The van der Waals surface area contributed by atoms with E-state index in [0.717, 1.165) is 38.3 Å². The highest BCUT2D eigenvalue weighted by atomic mass is 19.4. The molecule has 226 valence electrons. The zero-order valence-corrected chi connectivity index (χ0v) is 23.9. The molecule has 1 N–H and O–H groups in total. The molecule has 4 unspecified atom stereocenters. The molecule has 3 heterocycles. The summed E-state index contributed by atoms with van der Waals surface area (Å²) in [6, 6.07) is 4.28. The van der Waals surface area contributed by atoms with Gasteiger partial charge in [-0.3, -0.25) is 15.0 Å². The number of nitrogens with zero attached hydrogens (tertiary/aromatic N) is 2. The third-order valence-electron chi connectivity index (χ3n) is 9.09. The number of rotatable bonds is 3. The molecule has 5 rings (SSSR count). The summed E-state index contributed by atoms with van der Waals surface area (Å²) in [6.45, 7) is 4.39. The van der Waals surface area contributed by atoms with Gasteiger partial charge in [-0.15, -0.1) is 0 Å². The van der Waals surface area contributed by atoms with Crippen LogP contribution in [-0.2, 0) is 33.4 Å². The van der Waals surface area contributed by atoms with Crippen molar-refractivity contribution in [2.24, 2.45) is 5.92 Å². The summed E-state index contributed by atoms with van der Waals surface area (Å²) >= 11 is 0. The van der Waals surface area contributed by atoms with Gasteiger partial charge in [0.25, 0.3) is 0 Å². The van der Waals surface area contributed by atoms with Crippen molar-refractivity contribution >= 4 is 12.1 Å². The van der Waals surface area contributed by atoms with Crippen LogP contribution in [0.3, 0.4) is 0 Å². The van der Waals surface area contributed by atoms with Crippen LogP contribution >= 0.6 is 0 Å². The highest BCUT2D eigenvalue weighted by Crippen LogP contribution is 2.46. The number of nitrogens with one attached hydrogen (secondary N) is 1. The zero-order chi connectivity index (χ0) is 29.0. The first kappa shape index (κ1) is 29.9. The summed E-state index contributed by atoms with van der Waals surface area (Å²) in [5.74, 6) is -0.103. The number of carbonyl (C=O) groups is 2. The van der Waals surface area contributed by atoms with Crippen molar-refractivity contribution in [2.75, 3.05) is 32.8 Å². The lowest BCUT2D eigenvalue weighted by Crippen LogP contribution is -2.48. The number of hydrogen-bond donors (Lipinski definition) is 1. The summed E-state index contributed by atoms with van der Waals surface area (Å²) in [4.78, 5) is 29.8. The van der Waals surface area contributed by atoms with E-state index in [1.54, 1.807) is 6.07 Å². The molecule has 1 amide bonds. The number of carbonyl (C=O) groups excluding carboxylic acids is 2. The van der Waals surface area contributed by atoms with Crippen molar-refractivity contribution in [1.82, 2.24) is 15.1 Å². The van der Waals surface area contributed by atoms with Crippen LogP contribution in [0, 0.1) is 5.92 Å². The molecule has 1 saturated heterocycles. The van der Waals surface area contributed by atoms with Crippen molar-refractivity contribution < 1.29 is 32.2 Å². The van der Waals surface area contributed by atoms with Crippen LogP contribution in [0.5, 0.6) is 0 Å². The fraction of sp³-hybridized carbons (Fsp3) is 0.677. The number of hydrogen-bond acceptors (Lipinski definition) is 6. The molecule has 1 aliphatic carbocycles. The van der Waals surface area contributed by atoms with E-state index in [4.69, 9.17) is 9.47 Å². The molecule has 0 bridgehead atoms. The van der Waals surface area contributed by atoms with E-state index in [-0.39, 0.29) is 36.1 Å². The first-order valence-corrected chi connectivity index (χ1v) is 15.2. The van der Waals surface area contributed by atoms with E-state index in [2.05, 4.69) is 22.4 Å². The monoisotopic (exact) mass is 577 g/mol. The normalized spacial score (nSPS) is 30.1. The highest BCUT2D eigenvalue weighted by molar-refractivity contribution is 5.85. The van der Waals surface area contributed by atoms with E-state index in [1.807, 2.05) is 6.92 Å². The predicted molar refractivity (Wildman–Crippen MR) is 148 cm³/mol. The standard InChI is InChI=1S/C31H42F3N3O4/c1-2-40-28(38)30-18-23(30)12-8-6-4-3-5-7-9-15-36-20-25(17-24(36)19-35-30)41-29(39)37-16-14-22-11-10-13-27(26(22)21-37)31(32,33)34/h8,10-13,23-25,35H,2-7,9,14-21H2,1H3/b12-8-. The number of ether oxygens (including phenoxy) is 2. The smallest absolute Gasteiger partial charge is 0.416 e. The maximum Gasteiger partial charge on any atom is 0.416 e. The predicted octanol–water partition coefficient (Wildman–Crippen LogP) is 5.46. The van der Waals surface area contributed by atoms with Crippen LogP contribution in [0.2, 0.25) is 0 Å². The Balaban J connectivity index is 1.24. The fourth-order valence-corrected chi connectivity index (χ4v) is 6.69. The Kier molecular flexibility index (Phi) is 9.28. The Labute approximate surface area is 240 Å². The molecular weight excluding hydrogens is 535 g/mol. The molecule has 1 aromatic carbocycles.